The summed E-state index contributed by atoms with van der Waals surface area (Å²) in [7, 11) is 1.48. The summed E-state index contributed by atoms with van der Waals surface area (Å²) in [6.45, 7) is 0.813. The molecule has 0 amide bonds. The van der Waals surface area contributed by atoms with Crippen molar-refractivity contribution in [3.63, 3.8) is 0 Å². The van der Waals surface area contributed by atoms with Gasteiger partial charge in [0.1, 0.15) is 0 Å². The lowest BCUT2D eigenvalue weighted by molar-refractivity contribution is -0.146. The maximum absolute atomic E-state index is 11.3. The highest BCUT2D eigenvalue weighted by atomic mass is 16.5. The minimum absolute atomic E-state index is 0.0487. The molecule has 1 heterocycles. The summed E-state index contributed by atoms with van der Waals surface area (Å²) < 4.78 is 4.77. The normalized spacial score (nSPS) is 32.9. The molecule has 0 bridgehead atoms. The third-order valence-corrected chi connectivity index (χ3v) is 3.96. The Bertz CT molecular complexity index is 216. The maximum atomic E-state index is 11.3. The molecule has 1 N–H and O–H groups in total. The number of ether oxygens (including phenoxy) is 1. The number of rotatable bonds is 2. The van der Waals surface area contributed by atoms with Gasteiger partial charge in [-0.05, 0) is 31.6 Å². The molecule has 0 aromatic rings. The van der Waals surface area contributed by atoms with Gasteiger partial charge in [-0.3, -0.25) is 4.79 Å². The van der Waals surface area contributed by atoms with Crippen molar-refractivity contribution in [3.05, 3.63) is 0 Å². The first-order chi connectivity index (χ1) is 7.31. The van der Waals surface area contributed by atoms with Crippen molar-refractivity contribution in [2.45, 2.75) is 44.6 Å². The number of carbonyl (C=O) groups excluding carboxylic acids is 1. The van der Waals surface area contributed by atoms with Crippen LogP contribution in [0, 0.1) is 11.8 Å². The standard InChI is InChI=1S/C12H21NO2/c1-15-12(14)10-6-7-11(13-8-10)9-4-2-3-5-9/h9-11,13H,2-8H2,1H3. The lowest BCUT2D eigenvalue weighted by atomic mass is 9.87. The van der Waals surface area contributed by atoms with Gasteiger partial charge in [0.2, 0.25) is 0 Å². The van der Waals surface area contributed by atoms with Crippen LogP contribution in [0.4, 0.5) is 0 Å². The van der Waals surface area contributed by atoms with E-state index in [9.17, 15) is 4.79 Å². The number of nitrogens with one attached hydrogen (secondary N) is 1. The highest BCUT2D eigenvalue weighted by molar-refractivity contribution is 5.72. The number of hydrogen-bond donors (Lipinski definition) is 1. The molecule has 86 valence electrons. The summed E-state index contributed by atoms with van der Waals surface area (Å²) in [4.78, 5) is 11.3. The first-order valence-corrected chi connectivity index (χ1v) is 6.12. The molecule has 2 fully saturated rings. The van der Waals surface area contributed by atoms with Crippen LogP contribution in [-0.4, -0.2) is 25.7 Å². The van der Waals surface area contributed by atoms with Gasteiger partial charge in [0.05, 0.1) is 13.0 Å². The van der Waals surface area contributed by atoms with Crippen LogP contribution in [0.5, 0.6) is 0 Å². The van der Waals surface area contributed by atoms with Gasteiger partial charge in [0.25, 0.3) is 0 Å². The van der Waals surface area contributed by atoms with Gasteiger partial charge in [-0.1, -0.05) is 12.8 Å². The monoisotopic (exact) mass is 211 g/mol. The summed E-state index contributed by atoms with van der Waals surface area (Å²) in [6, 6.07) is 0.661. The second kappa shape index (κ2) is 4.97. The molecule has 0 spiro atoms. The van der Waals surface area contributed by atoms with Crippen molar-refractivity contribution in [3.8, 4) is 0 Å². The average Bonchev–Trinajstić information content (AvgIpc) is 2.82. The van der Waals surface area contributed by atoms with Crippen molar-refractivity contribution in [2.75, 3.05) is 13.7 Å². The van der Waals surface area contributed by atoms with E-state index < -0.39 is 0 Å². The smallest absolute Gasteiger partial charge is 0.309 e. The highest BCUT2D eigenvalue weighted by Crippen LogP contribution is 2.32. The second-order valence-electron chi connectivity index (χ2n) is 4.86. The van der Waals surface area contributed by atoms with Crippen LogP contribution >= 0.6 is 0 Å². The Kier molecular flexibility index (Phi) is 3.62. The molecule has 1 aliphatic heterocycles. The lowest BCUT2D eigenvalue weighted by Crippen LogP contribution is -2.45. The summed E-state index contributed by atoms with van der Waals surface area (Å²) in [5.41, 5.74) is 0. The molecule has 3 nitrogen and oxygen atoms in total. The Morgan fingerprint density at radius 3 is 2.47 bits per heavy atom. The molecule has 2 unspecified atom stereocenters. The molecule has 1 aliphatic carbocycles. The molecule has 1 saturated heterocycles. The Morgan fingerprint density at radius 1 is 1.20 bits per heavy atom. The number of hydrogen-bond acceptors (Lipinski definition) is 3. The second-order valence-corrected chi connectivity index (χ2v) is 4.86. The topological polar surface area (TPSA) is 38.3 Å². The van der Waals surface area contributed by atoms with E-state index in [4.69, 9.17) is 4.74 Å². The van der Waals surface area contributed by atoms with Crippen molar-refractivity contribution in [2.24, 2.45) is 11.8 Å². The molecular formula is C12H21NO2. The molecule has 0 aromatic heterocycles. The number of carbonyl (C=O) groups is 1. The zero-order valence-corrected chi connectivity index (χ0v) is 9.50. The predicted molar refractivity (Wildman–Crippen MR) is 58.5 cm³/mol. The van der Waals surface area contributed by atoms with E-state index in [1.807, 2.05) is 0 Å². The first kappa shape index (κ1) is 10.9. The van der Waals surface area contributed by atoms with E-state index >= 15 is 0 Å². The molecule has 2 aliphatic rings. The summed E-state index contributed by atoms with van der Waals surface area (Å²) in [6.07, 6.45) is 7.68. The molecular weight excluding hydrogens is 190 g/mol. The fourth-order valence-corrected chi connectivity index (χ4v) is 3.01. The molecule has 15 heavy (non-hydrogen) atoms. The van der Waals surface area contributed by atoms with Crippen molar-refractivity contribution >= 4 is 5.97 Å². The lowest BCUT2D eigenvalue weighted by Gasteiger charge is -2.32. The minimum atomic E-state index is -0.0487. The van der Waals surface area contributed by atoms with E-state index in [0.717, 1.165) is 25.3 Å². The average molecular weight is 211 g/mol. The zero-order valence-electron chi connectivity index (χ0n) is 9.50. The van der Waals surface area contributed by atoms with Gasteiger partial charge >= 0.3 is 5.97 Å². The van der Waals surface area contributed by atoms with Gasteiger partial charge in [-0.2, -0.15) is 0 Å². The van der Waals surface area contributed by atoms with E-state index in [1.165, 1.54) is 32.8 Å². The third-order valence-electron chi connectivity index (χ3n) is 3.96. The Labute approximate surface area is 91.6 Å². The van der Waals surface area contributed by atoms with Crippen LogP contribution in [0.1, 0.15) is 38.5 Å². The molecule has 2 atom stereocenters. The maximum Gasteiger partial charge on any atom is 0.309 e. The van der Waals surface area contributed by atoms with Gasteiger partial charge in [-0.15, -0.1) is 0 Å². The van der Waals surface area contributed by atoms with E-state index in [0.29, 0.717) is 6.04 Å². The van der Waals surface area contributed by atoms with Crippen LogP contribution in [0.15, 0.2) is 0 Å². The van der Waals surface area contributed by atoms with Crippen LogP contribution in [0.3, 0.4) is 0 Å². The zero-order chi connectivity index (χ0) is 10.7. The van der Waals surface area contributed by atoms with Gasteiger partial charge in [0, 0.05) is 12.6 Å². The summed E-state index contributed by atoms with van der Waals surface area (Å²) in [5.74, 6) is 0.906. The third kappa shape index (κ3) is 2.51. The SMILES string of the molecule is COC(=O)C1CCC(C2CCCC2)NC1. The molecule has 0 aromatic carbocycles. The minimum Gasteiger partial charge on any atom is -0.469 e. The fraction of sp³-hybridized carbons (Fsp3) is 0.917. The van der Waals surface area contributed by atoms with E-state index in [-0.39, 0.29) is 11.9 Å². The molecule has 2 rings (SSSR count). The van der Waals surface area contributed by atoms with Crippen molar-refractivity contribution < 1.29 is 9.53 Å². The highest BCUT2D eigenvalue weighted by Gasteiger charge is 2.31. The van der Waals surface area contributed by atoms with Crippen molar-refractivity contribution in [1.82, 2.24) is 5.32 Å². The largest absolute Gasteiger partial charge is 0.469 e. The van der Waals surface area contributed by atoms with Crippen LogP contribution in [0.25, 0.3) is 0 Å². The number of piperidine rings is 1. The molecule has 0 radical (unpaired) electrons. The Hall–Kier alpha value is -0.570. The van der Waals surface area contributed by atoms with Gasteiger partial charge in [0.15, 0.2) is 0 Å². The van der Waals surface area contributed by atoms with Crippen molar-refractivity contribution in [1.29, 1.82) is 0 Å². The quantitative estimate of drug-likeness (QED) is 0.707. The fourth-order valence-electron chi connectivity index (χ4n) is 3.01. The van der Waals surface area contributed by atoms with E-state index in [2.05, 4.69) is 5.32 Å². The molecule has 3 heteroatoms. The Balaban J connectivity index is 1.78. The van der Waals surface area contributed by atoms with E-state index in [1.54, 1.807) is 0 Å². The predicted octanol–water partition coefficient (Wildman–Crippen LogP) is 1.72. The summed E-state index contributed by atoms with van der Waals surface area (Å²) in [5, 5.41) is 3.53. The van der Waals surface area contributed by atoms with Crippen LogP contribution in [-0.2, 0) is 9.53 Å². The van der Waals surface area contributed by atoms with Gasteiger partial charge < -0.3 is 10.1 Å². The van der Waals surface area contributed by atoms with Crippen LogP contribution in [0.2, 0.25) is 0 Å². The Morgan fingerprint density at radius 2 is 1.93 bits per heavy atom. The first-order valence-electron chi connectivity index (χ1n) is 6.12. The van der Waals surface area contributed by atoms with Gasteiger partial charge in [-0.25, -0.2) is 0 Å². The number of esters is 1. The summed E-state index contributed by atoms with van der Waals surface area (Å²) >= 11 is 0. The molecule has 1 saturated carbocycles. The van der Waals surface area contributed by atoms with Crippen LogP contribution < -0.4 is 5.32 Å². The number of methoxy groups -OCH3 is 1.